The molecule has 0 fully saturated rings. The molecule has 0 spiro atoms. The second-order valence-electron chi connectivity index (χ2n) is 7.98. The molecular formula is C24H26ClN3O5. The standard InChI is InChI=1S/C24H26ClN3O5/c1-13(2)17(24(31)33-4)9-16(29)7-14-5-6-15(25)8-19(14)28-23-18-10-21(30)22(32-3)11-20(18)26-12-27-23/h5-6,8,10-13,17,30H,7,9H2,1-4H3,(H,26,27,28)/t17-/m0/s1. The normalized spacial score (nSPS) is 11.9. The second kappa shape index (κ2) is 10.5. The molecule has 0 radical (unpaired) electrons. The number of esters is 1. The number of rotatable bonds is 9. The van der Waals surface area contributed by atoms with E-state index in [4.69, 9.17) is 21.1 Å². The van der Waals surface area contributed by atoms with Crippen LogP contribution in [-0.2, 0) is 20.7 Å². The molecule has 9 heteroatoms. The molecule has 0 saturated heterocycles. The maximum atomic E-state index is 12.8. The molecule has 0 aliphatic carbocycles. The topological polar surface area (TPSA) is 111 Å². The Morgan fingerprint density at radius 3 is 2.58 bits per heavy atom. The van der Waals surface area contributed by atoms with Gasteiger partial charge in [-0.1, -0.05) is 31.5 Å². The molecule has 2 N–H and O–H groups in total. The third-order valence-electron chi connectivity index (χ3n) is 5.40. The van der Waals surface area contributed by atoms with Crippen molar-refractivity contribution in [1.29, 1.82) is 0 Å². The number of nitrogens with zero attached hydrogens (tertiary/aromatic N) is 2. The van der Waals surface area contributed by atoms with Gasteiger partial charge in [-0.15, -0.1) is 0 Å². The summed E-state index contributed by atoms with van der Waals surface area (Å²) >= 11 is 6.21. The van der Waals surface area contributed by atoms with E-state index in [1.807, 2.05) is 13.8 Å². The highest BCUT2D eigenvalue weighted by atomic mass is 35.5. The first-order chi connectivity index (χ1) is 15.7. The molecule has 0 bridgehead atoms. The highest BCUT2D eigenvalue weighted by molar-refractivity contribution is 6.31. The molecule has 0 unspecified atom stereocenters. The number of fused-ring (bicyclic) bond motifs is 1. The molecule has 33 heavy (non-hydrogen) atoms. The Morgan fingerprint density at radius 1 is 1.15 bits per heavy atom. The van der Waals surface area contributed by atoms with Gasteiger partial charge >= 0.3 is 5.97 Å². The lowest BCUT2D eigenvalue weighted by Gasteiger charge is -2.18. The van der Waals surface area contributed by atoms with Gasteiger partial charge in [0.2, 0.25) is 0 Å². The Balaban J connectivity index is 1.90. The van der Waals surface area contributed by atoms with Crippen LogP contribution in [0, 0.1) is 11.8 Å². The summed E-state index contributed by atoms with van der Waals surface area (Å²) in [7, 11) is 2.78. The fraction of sp³-hybridized carbons (Fsp3) is 0.333. The molecule has 3 rings (SSSR count). The number of nitrogens with one attached hydrogen (secondary N) is 1. The molecule has 0 amide bonds. The van der Waals surface area contributed by atoms with Gasteiger partial charge in [0.25, 0.3) is 0 Å². The van der Waals surface area contributed by atoms with Crippen molar-refractivity contribution in [3.05, 3.63) is 47.2 Å². The van der Waals surface area contributed by atoms with E-state index in [0.29, 0.717) is 38.7 Å². The van der Waals surface area contributed by atoms with Crippen molar-refractivity contribution in [1.82, 2.24) is 9.97 Å². The monoisotopic (exact) mass is 471 g/mol. The lowest BCUT2D eigenvalue weighted by Crippen LogP contribution is -2.25. The number of ether oxygens (including phenoxy) is 2. The number of aromatic hydroxyl groups is 1. The van der Waals surface area contributed by atoms with Crippen LogP contribution in [0.1, 0.15) is 25.8 Å². The Kier molecular flexibility index (Phi) is 7.71. The van der Waals surface area contributed by atoms with Crippen molar-refractivity contribution in [2.45, 2.75) is 26.7 Å². The number of hydrogen-bond donors (Lipinski definition) is 2. The summed E-state index contributed by atoms with van der Waals surface area (Å²) in [5, 5.41) is 14.4. The molecule has 1 atom stereocenters. The fourth-order valence-electron chi connectivity index (χ4n) is 3.55. The number of anilines is 2. The van der Waals surface area contributed by atoms with Crippen molar-refractivity contribution in [2.75, 3.05) is 19.5 Å². The van der Waals surface area contributed by atoms with Crippen molar-refractivity contribution in [3.63, 3.8) is 0 Å². The zero-order valence-corrected chi connectivity index (χ0v) is 19.6. The number of ketones is 1. The molecule has 1 aromatic heterocycles. The summed E-state index contributed by atoms with van der Waals surface area (Å²) < 4.78 is 9.99. The van der Waals surface area contributed by atoms with Gasteiger partial charge in [0.05, 0.1) is 25.7 Å². The summed E-state index contributed by atoms with van der Waals surface area (Å²) in [6.07, 6.45) is 1.57. The number of halogens is 1. The first-order valence-electron chi connectivity index (χ1n) is 10.4. The maximum Gasteiger partial charge on any atom is 0.309 e. The third-order valence-corrected chi connectivity index (χ3v) is 5.64. The Bertz CT molecular complexity index is 1180. The molecule has 0 saturated carbocycles. The molecule has 3 aromatic rings. The van der Waals surface area contributed by atoms with Crippen LogP contribution in [0.2, 0.25) is 5.02 Å². The third kappa shape index (κ3) is 5.70. The van der Waals surface area contributed by atoms with E-state index in [1.165, 1.54) is 26.6 Å². The average Bonchev–Trinajstić information content (AvgIpc) is 2.78. The summed E-state index contributed by atoms with van der Waals surface area (Å²) in [5.41, 5.74) is 1.85. The SMILES string of the molecule is COC(=O)[C@@H](CC(=O)Cc1ccc(Cl)cc1Nc1ncnc2cc(OC)c(O)cc12)C(C)C. The van der Waals surface area contributed by atoms with Crippen LogP contribution in [0.25, 0.3) is 10.9 Å². The van der Waals surface area contributed by atoms with Crippen LogP contribution >= 0.6 is 11.6 Å². The largest absolute Gasteiger partial charge is 0.504 e. The van der Waals surface area contributed by atoms with Gasteiger partial charge in [-0.05, 0) is 29.7 Å². The highest BCUT2D eigenvalue weighted by Crippen LogP contribution is 2.34. The number of hydrogen-bond acceptors (Lipinski definition) is 8. The van der Waals surface area contributed by atoms with Crippen LogP contribution in [0.3, 0.4) is 0 Å². The Morgan fingerprint density at radius 2 is 1.91 bits per heavy atom. The van der Waals surface area contributed by atoms with Gasteiger partial charge in [-0.3, -0.25) is 9.59 Å². The van der Waals surface area contributed by atoms with Crippen molar-refractivity contribution < 1.29 is 24.2 Å². The van der Waals surface area contributed by atoms with E-state index in [2.05, 4.69) is 15.3 Å². The van der Waals surface area contributed by atoms with Crippen molar-refractivity contribution >= 4 is 45.8 Å². The van der Waals surface area contributed by atoms with E-state index >= 15 is 0 Å². The number of Topliss-reactive ketones (excluding diaryl/α,β-unsaturated/α-hetero) is 1. The molecule has 174 valence electrons. The number of carbonyl (C=O) groups excluding carboxylic acids is 2. The second-order valence-corrected chi connectivity index (χ2v) is 8.42. The minimum Gasteiger partial charge on any atom is -0.504 e. The van der Waals surface area contributed by atoms with E-state index in [0.717, 1.165) is 0 Å². The highest BCUT2D eigenvalue weighted by Gasteiger charge is 2.26. The molecule has 8 nitrogen and oxygen atoms in total. The fourth-order valence-corrected chi connectivity index (χ4v) is 3.73. The number of methoxy groups -OCH3 is 2. The smallest absolute Gasteiger partial charge is 0.309 e. The zero-order valence-electron chi connectivity index (χ0n) is 18.9. The summed E-state index contributed by atoms with van der Waals surface area (Å²) in [6.45, 7) is 3.77. The van der Waals surface area contributed by atoms with Gasteiger partial charge in [-0.2, -0.15) is 0 Å². The molecule has 2 aromatic carbocycles. The van der Waals surface area contributed by atoms with Crippen LogP contribution in [-0.4, -0.2) is 41.0 Å². The van der Waals surface area contributed by atoms with Gasteiger partial charge in [0.15, 0.2) is 11.5 Å². The summed E-state index contributed by atoms with van der Waals surface area (Å²) in [5.74, 6) is -0.340. The van der Waals surface area contributed by atoms with Gasteiger partial charge in [0.1, 0.15) is 17.9 Å². The first-order valence-corrected chi connectivity index (χ1v) is 10.8. The maximum absolute atomic E-state index is 12.8. The Hall–Kier alpha value is -3.39. The molecule has 0 aliphatic rings. The lowest BCUT2D eigenvalue weighted by molar-refractivity contribution is -0.148. The Labute approximate surface area is 196 Å². The van der Waals surface area contributed by atoms with E-state index < -0.39 is 11.9 Å². The lowest BCUT2D eigenvalue weighted by atomic mass is 9.89. The van der Waals surface area contributed by atoms with Crippen molar-refractivity contribution in [3.8, 4) is 11.5 Å². The van der Waals surface area contributed by atoms with Crippen LogP contribution < -0.4 is 10.1 Å². The van der Waals surface area contributed by atoms with Gasteiger partial charge < -0.3 is 19.9 Å². The van der Waals surface area contributed by atoms with Gasteiger partial charge in [0, 0.05) is 35.0 Å². The number of carbonyl (C=O) groups is 2. The number of phenolic OH excluding ortho intramolecular Hbond substituents is 1. The van der Waals surface area contributed by atoms with E-state index in [-0.39, 0.29) is 30.3 Å². The van der Waals surface area contributed by atoms with Crippen LogP contribution in [0.15, 0.2) is 36.7 Å². The molecule has 0 aliphatic heterocycles. The first kappa shape index (κ1) is 24.3. The quantitative estimate of drug-likeness (QED) is 0.432. The van der Waals surface area contributed by atoms with E-state index in [1.54, 1.807) is 24.3 Å². The molecular weight excluding hydrogens is 446 g/mol. The predicted molar refractivity (Wildman–Crippen MR) is 126 cm³/mol. The number of aromatic nitrogens is 2. The minimum absolute atomic E-state index is 0.0266. The summed E-state index contributed by atoms with van der Waals surface area (Å²) in [4.78, 5) is 33.4. The van der Waals surface area contributed by atoms with Crippen LogP contribution in [0.4, 0.5) is 11.5 Å². The van der Waals surface area contributed by atoms with E-state index in [9.17, 15) is 14.7 Å². The van der Waals surface area contributed by atoms with Gasteiger partial charge in [-0.25, -0.2) is 9.97 Å². The number of benzene rings is 2. The predicted octanol–water partition coefficient (Wildman–Crippen LogP) is 4.69. The summed E-state index contributed by atoms with van der Waals surface area (Å²) in [6, 6.07) is 8.27. The molecule has 1 heterocycles. The average molecular weight is 472 g/mol. The number of phenols is 1. The van der Waals surface area contributed by atoms with Crippen molar-refractivity contribution in [2.24, 2.45) is 11.8 Å². The minimum atomic E-state index is -0.505. The zero-order chi connectivity index (χ0) is 24.1. The van der Waals surface area contributed by atoms with Crippen LogP contribution in [0.5, 0.6) is 11.5 Å².